The smallest absolute Gasteiger partial charge is 0.236 e. The number of carbonyl (C=O) groups is 1. The average Bonchev–Trinajstić information content (AvgIpc) is 2.00. The first kappa shape index (κ1) is 10.5. The molecule has 0 atom stereocenters. The summed E-state index contributed by atoms with van der Waals surface area (Å²) in [5.41, 5.74) is 0. The molecule has 0 aromatic rings. The molecule has 1 heterocycles. The third kappa shape index (κ3) is 2.67. The number of nitrogens with zero attached hydrogens (tertiary/aromatic N) is 2. The molecular formula is C9H18N2O2. The summed E-state index contributed by atoms with van der Waals surface area (Å²) in [6, 6.07) is 0.249. The van der Waals surface area contributed by atoms with Crippen molar-refractivity contribution in [1.82, 2.24) is 9.80 Å². The van der Waals surface area contributed by atoms with Gasteiger partial charge < -0.3 is 10.0 Å². The molecular weight excluding hydrogens is 168 g/mol. The van der Waals surface area contributed by atoms with Gasteiger partial charge in [0.25, 0.3) is 0 Å². The third-order valence-corrected chi connectivity index (χ3v) is 2.46. The summed E-state index contributed by atoms with van der Waals surface area (Å²) < 4.78 is 0. The molecule has 76 valence electrons. The van der Waals surface area contributed by atoms with Crippen LogP contribution in [0.15, 0.2) is 0 Å². The highest BCUT2D eigenvalue weighted by atomic mass is 16.3. The van der Waals surface area contributed by atoms with E-state index < -0.39 is 0 Å². The quantitative estimate of drug-likeness (QED) is 0.648. The predicted molar refractivity (Wildman–Crippen MR) is 50.4 cm³/mol. The zero-order chi connectivity index (χ0) is 10.0. The van der Waals surface area contributed by atoms with Gasteiger partial charge in [-0.25, -0.2) is 0 Å². The van der Waals surface area contributed by atoms with E-state index >= 15 is 0 Å². The minimum atomic E-state index is -0.225. The molecule has 1 rings (SSSR count). The lowest BCUT2D eigenvalue weighted by Crippen LogP contribution is -2.54. The third-order valence-electron chi connectivity index (χ3n) is 2.46. The van der Waals surface area contributed by atoms with Crippen molar-refractivity contribution in [3.8, 4) is 0 Å². The Morgan fingerprint density at radius 1 is 1.62 bits per heavy atom. The lowest BCUT2D eigenvalue weighted by Gasteiger charge is -2.36. The molecule has 0 unspecified atom stereocenters. The molecule has 0 aromatic carbocycles. The predicted octanol–water partition coefficient (Wildman–Crippen LogP) is -0.470. The van der Waals surface area contributed by atoms with Crippen LogP contribution >= 0.6 is 0 Å². The lowest BCUT2D eigenvalue weighted by molar-refractivity contribution is -0.135. The summed E-state index contributed by atoms with van der Waals surface area (Å²) in [7, 11) is 1.81. The van der Waals surface area contributed by atoms with Crippen molar-refractivity contribution in [2.75, 3.05) is 26.7 Å². The Bertz CT molecular complexity index is 188. The number of likely N-dealkylation sites (N-methyl/N-ethyl adjacent to an activating group) is 1. The fourth-order valence-electron chi connectivity index (χ4n) is 1.26. The van der Waals surface area contributed by atoms with Crippen molar-refractivity contribution in [2.45, 2.75) is 26.0 Å². The minimum absolute atomic E-state index is 0.127. The van der Waals surface area contributed by atoms with Gasteiger partial charge >= 0.3 is 0 Å². The Labute approximate surface area is 79.1 Å². The molecule has 0 aromatic heterocycles. The summed E-state index contributed by atoms with van der Waals surface area (Å²) in [5.74, 6) is 0.127. The summed E-state index contributed by atoms with van der Waals surface area (Å²) in [6.07, 6.45) is -0.225. The summed E-state index contributed by atoms with van der Waals surface area (Å²) in [5, 5.41) is 9.01. The van der Waals surface area contributed by atoms with Crippen LogP contribution < -0.4 is 0 Å². The molecule has 1 N–H and O–H groups in total. The number of carbonyl (C=O) groups excluding carboxylic acids is 1. The molecule has 1 amide bonds. The number of aliphatic hydroxyl groups excluding tert-OH is 1. The molecule has 0 radical (unpaired) electrons. The van der Waals surface area contributed by atoms with Crippen LogP contribution in [0.5, 0.6) is 0 Å². The first-order chi connectivity index (χ1) is 6.00. The molecule has 1 saturated heterocycles. The minimum Gasteiger partial charge on any atom is -0.390 e. The summed E-state index contributed by atoms with van der Waals surface area (Å²) in [6.45, 7) is 5.69. The zero-order valence-electron chi connectivity index (χ0n) is 8.53. The Morgan fingerprint density at radius 2 is 2.15 bits per heavy atom. The van der Waals surface area contributed by atoms with Crippen LogP contribution in [0.2, 0.25) is 0 Å². The number of β-amino-alcohol motifs (C(OH)–C–C–N with tert-alkyl or cyclic N) is 1. The van der Waals surface area contributed by atoms with Gasteiger partial charge in [0, 0.05) is 26.2 Å². The van der Waals surface area contributed by atoms with Gasteiger partial charge in [-0.2, -0.15) is 0 Å². The second kappa shape index (κ2) is 4.07. The van der Waals surface area contributed by atoms with E-state index in [0.29, 0.717) is 19.6 Å². The van der Waals surface area contributed by atoms with E-state index in [1.807, 2.05) is 25.8 Å². The van der Waals surface area contributed by atoms with Crippen molar-refractivity contribution in [1.29, 1.82) is 0 Å². The first-order valence-corrected chi connectivity index (χ1v) is 4.66. The van der Waals surface area contributed by atoms with E-state index in [2.05, 4.69) is 0 Å². The van der Waals surface area contributed by atoms with Gasteiger partial charge in [0.15, 0.2) is 0 Å². The maximum atomic E-state index is 11.5. The van der Waals surface area contributed by atoms with E-state index in [0.717, 1.165) is 0 Å². The van der Waals surface area contributed by atoms with Crippen LogP contribution in [0, 0.1) is 0 Å². The Morgan fingerprint density at radius 3 is 2.54 bits per heavy atom. The fourth-order valence-corrected chi connectivity index (χ4v) is 1.26. The van der Waals surface area contributed by atoms with E-state index in [1.54, 1.807) is 4.90 Å². The lowest BCUT2D eigenvalue weighted by atomic mass is 10.1. The van der Waals surface area contributed by atoms with Crippen LogP contribution in [0.3, 0.4) is 0 Å². The highest BCUT2D eigenvalue weighted by molar-refractivity contribution is 5.78. The van der Waals surface area contributed by atoms with Crippen molar-refractivity contribution >= 4 is 5.91 Å². The Hall–Kier alpha value is -0.610. The summed E-state index contributed by atoms with van der Waals surface area (Å²) in [4.78, 5) is 15.2. The van der Waals surface area contributed by atoms with Crippen molar-refractivity contribution < 1.29 is 9.90 Å². The van der Waals surface area contributed by atoms with E-state index in [1.165, 1.54) is 0 Å². The largest absolute Gasteiger partial charge is 0.390 e. The normalized spacial score (nSPS) is 18.8. The van der Waals surface area contributed by atoms with Crippen LogP contribution in [0.25, 0.3) is 0 Å². The molecule has 13 heavy (non-hydrogen) atoms. The number of hydrogen-bond donors (Lipinski definition) is 1. The van der Waals surface area contributed by atoms with Gasteiger partial charge in [0.2, 0.25) is 5.91 Å². The number of rotatable bonds is 3. The molecule has 4 nitrogen and oxygen atoms in total. The van der Waals surface area contributed by atoms with E-state index in [4.69, 9.17) is 5.11 Å². The first-order valence-electron chi connectivity index (χ1n) is 4.66. The maximum absolute atomic E-state index is 11.5. The van der Waals surface area contributed by atoms with Crippen molar-refractivity contribution in [2.24, 2.45) is 0 Å². The van der Waals surface area contributed by atoms with E-state index in [9.17, 15) is 4.79 Å². The van der Waals surface area contributed by atoms with Gasteiger partial charge in [-0.15, -0.1) is 0 Å². The van der Waals surface area contributed by atoms with Crippen LogP contribution in [0.4, 0.5) is 0 Å². The van der Waals surface area contributed by atoms with Gasteiger partial charge in [-0.1, -0.05) is 0 Å². The van der Waals surface area contributed by atoms with Gasteiger partial charge in [0.05, 0.1) is 12.6 Å². The SMILES string of the molecule is CC(C)N(C)C(=O)CN1CC(O)C1. The molecule has 1 fully saturated rings. The molecule has 0 aliphatic carbocycles. The molecule has 4 heteroatoms. The topological polar surface area (TPSA) is 43.8 Å². The standard InChI is InChI=1S/C9H18N2O2/c1-7(2)10(3)9(13)6-11-4-8(12)5-11/h7-8,12H,4-6H2,1-3H3. The molecule has 1 aliphatic heterocycles. The van der Waals surface area contributed by atoms with Gasteiger partial charge in [-0.05, 0) is 13.8 Å². The maximum Gasteiger partial charge on any atom is 0.236 e. The highest BCUT2D eigenvalue weighted by Gasteiger charge is 2.27. The van der Waals surface area contributed by atoms with Gasteiger partial charge in [0.1, 0.15) is 0 Å². The number of amides is 1. The highest BCUT2D eigenvalue weighted by Crippen LogP contribution is 2.07. The summed E-state index contributed by atoms with van der Waals surface area (Å²) >= 11 is 0. The number of likely N-dealkylation sites (tertiary alicyclic amines) is 1. The molecule has 0 saturated carbocycles. The van der Waals surface area contributed by atoms with Crippen molar-refractivity contribution in [3.63, 3.8) is 0 Å². The molecule has 1 aliphatic rings. The van der Waals surface area contributed by atoms with Crippen LogP contribution in [-0.2, 0) is 4.79 Å². The fraction of sp³-hybridized carbons (Fsp3) is 0.889. The molecule has 0 bridgehead atoms. The Balaban J connectivity index is 2.25. The zero-order valence-corrected chi connectivity index (χ0v) is 8.53. The van der Waals surface area contributed by atoms with E-state index in [-0.39, 0.29) is 18.1 Å². The molecule has 0 spiro atoms. The van der Waals surface area contributed by atoms with Crippen molar-refractivity contribution in [3.05, 3.63) is 0 Å². The van der Waals surface area contributed by atoms with Crippen LogP contribution in [0.1, 0.15) is 13.8 Å². The second-order valence-electron chi connectivity index (χ2n) is 3.95. The Kier molecular flexibility index (Phi) is 3.27. The van der Waals surface area contributed by atoms with Crippen LogP contribution in [-0.4, -0.2) is 59.6 Å². The van der Waals surface area contributed by atoms with Gasteiger partial charge in [-0.3, -0.25) is 9.69 Å². The average molecular weight is 186 g/mol. The monoisotopic (exact) mass is 186 g/mol. The number of hydrogen-bond acceptors (Lipinski definition) is 3. The second-order valence-corrected chi connectivity index (χ2v) is 3.95. The number of aliphatic hydroxyl groups is 1.